The normalized spacial score (nSPS) is 10.7. The summed E-state index contributed by atoms with van der Waals surface area (Å²) in [6.45, 7) is 1.82. The molecule has 10 heteroatoms. The molecule has 0 unspecified atom stereocenters. The Balaban J connectivity index is 1.73. The van der Waals surface area contributed by atoms with Crippen molar-refractivity contribution < 1.29 is 4.79 Å². The van der Waals surface area contributed by atoms with E-state index in [1.54, 1.807) is 6.20 Å². The molecule has 0 saturated carbocycles. The Morgan fingerprint density at radius 2 is 2.16 bits per heavy atom. The van der Waals surface area contributed by atoms with Gasteiger partial charge in [-0.3, -0.25) is 10.1 Å². The fourth-order valence-corrected chi connectivity index (χ4v) is 3.90. The number of amides is 1. The van der Waals surface area contributed by atoms with E-state index in [2.05, 4.69) is 41.4 Å². The Morgan fingerprint density at radius 3 is 2.88 bits per heavy atom. The maximum Gasteiger partial charge on any atom is 0.277 e. The highest BCUT2D eigenvalue weighted by Gasteiger charge is 2.16. The van der Waals surface area contributed by atoms with Gasteiger partial charge in [0.25, 0.3) is 5.91 Å². The summed E-state index contributed by atoms with van der Waals surface area (Å²) in [6.07, 6.45) is 1.56. The van der Waals surface area contributed by atoms with Crippen LogP contribution in [0.4, 0.5) is 5.13 Å². The monoisotopic (exact) mass is 455 g/mol. The Bertz CT molecular complexity index is 920. The highest BCUT2D eigenvalue weighted by atomic mass is 79.9. The molecule has 0 bridgehead atoms. The molecule has 0 aliphatic rings. The molecule has 0 aliphatic heterocycles. The Hall–Kier alpha value is -1.55. The van der Waals surface area contributed by atoms with Crippen molar-refractivity contribution >= 4 is 61.7 Å². The standard InChI is InChI=1S/C15H11BrClN5OS2/c1-8-21-22-15(25-8)20-13(23)12-10(16)6-18-14(19-12)24-7-9-4-2-3-5-11(9)17/h2-6H,7H2,1H3,(H,20,22,23). The van der Waals surface area contributed by atoms with E-state index >= 15 is 0 Å². The fraction of sp³-hybridized carbons (Fsp3) is 0.133. The molecule has 0 saturated heterocycles. The van der Waals surface area contributed by atoms with Crippen LogP contribution in [0.1, 0.15) is 21.1 Å². The molecular formula is C15H11BrClN5OS2. The van der Waals surface area contributed by atoms with Gasteiger partial charge >= 0.3 is 0 Å². The van der Waals surface area contributed by atoms with Crippen molar-refractivity contribution in [3.8, 4) is 0 Å². The number of hydrogen-bond acceptors (Lipinski definition) is 7. The first-order valence-electron chi connectivity index (χ1n) is 7.03. The van der Waals surface area contributed by atoms with Crippen LogP contribution in [0, 0.1) is 6.92 Å². The van der Waals surface area contributed by atoms with Gasteiger partial charge in [0, 0.05) is 17.0 Å². The summed E-state index contributed by atoms with van der Waals surface area (Å²) >= 11 is 12.2. The molecule has 25 heavy (non-hydrogen) atoms. The number of nitrogens with one attached hydrogen (secondary N) is 1. The molecule has 0 fully saturated rings. The molecule has 6 nitrogen and oxygen atoms in total. The van der Waals surface area contributed by atoms with Gasteiger partial charge in [-0.2, -0.15) is 0 Å². The fourth-order valence-electron chi connectivity index (χ4n) is 1.84. The minimum absolute atomic E-state index is 0.240. The number of anilines is 1. The number of thioether (sulfide) groups is 1. The van der Waals surface area contributed by atoms with Crippen molar-refractivity contribution in [1.82, 2.24) is 20.2 Å². The molecule has 0 aliphatic carbocycles. The second kappa shape index (κ2) is 8.22. The lowest BCUT2D eigenvalue weighted by molar-refractivity contribution is 0.102. The van der Waals surface area contributed by atoms with Gasteiger partial charge in [0.05, 0.1) is 4.47 Å². The van der Waals surface area contributed by atoms with Gasteiger partial charge < -0.3 is 0 Å². The number of aromatic nitrogens is 4. The van der Waals surface area contributed by atoms with Crippen LogP contribution < -0.4 is 5.32 Å². The Kier molecular flexibility index (Phi) is 6.00. The lowest BCUT2D eigenvalue weighted by Crippen LogP contribution is -2.15. The van der Waals surface area contributed by atoms with E-state index in [-0.39, 0.29) is 11.6 Å². The van der Waals surface area contributed by atoms with Gasteiger partial charge in [-0.25, -0.2) is 9.97 Å². The van der Waals surface area contributed by atoms with E-state index in [9.17, 15) is 4.79 Å². The average molecular weight is 457 g/mol. The van der Waals surface area contributed by atoms with Crippen LogP contribution in [0.15, 0.2) is 40.1 Å². The van der Waals surface area contributed by atoms with Crippen LogP contribution in [0.2, 0.25) is 5.02 Å². The maximum atomic E-state index is 12.4. The number of nitrogens with zero attached hydrogens (tertiary/aromatic N) is 4. The molecular weight excluding hydrogens is 446 g/mol. The Labute approximate surface area is 165 Å². The van der Waals surface area contributed by atoms with E-state index in [1.807, 2.05) is 31.2 Å². The SMILES string of the molecule is Cc1nnc(NC(=O)c2nc(SCc3ccccc3Cl)ncc2Br)s1. The number of aryl methyl sites for hydroxylation is 1. The van der Waals surface area contributed by atoms with Crippen LogP contribution in [0.5, 0.6) is 0 Å². The minimum atomic E-state index is -0.370. The number of benzene rings is 1. The molecule has 128 valence electrons. The third kappa shape index (κ3) is 4.75. The second-order valence-electron chi connectivity index (χ2n) is 4.81. The van der Waals surface area contributed by atoms with E-state index in [1.165, 1.54) is 23.1 Å². The van der Waals surface area contributed by atoms with Crippen LogP contribution in [0.25, 0.3) is 0 Å². The minimum Gasteiger partial charge on any atom is -0.295 e. The van der Waals surface area contributed by atoms with Gasteiger partial charge in [-0.05, 0) is 34.5 Å². The summed E-state index contributed by atoms with van der Waals surface area (Å²) in [5.41, 5.74) is 1.22. The third-order valence-electron chi connectivity index (χ3n) is 3.00. The molecule has 0 atom stereocenters. The molecule has 1 N–H and O–H groups in total. The zero-order valence-electron chi connectivity index (χ0n) is 12.9. The van der Waals surface area contributed by atoms with E-state index in [4.69, 9.17) is 11.6 Å². The zero-order valence-corrected chi connectivity index (χ0v) is 16.8. The van der Waals surface area contributed by atoms with Crippen molar-refractivity contribution in [3.05, 3.63) is 56.2 Å². The first-order valence-corrected chi connectivity index (χ1v) is 10.0. The van der Waals surface area contributed by atoms with Gasteiger partial charge in [0.1, 0.15) is 10.7 Å². The second-order valence-corrected chi connectivity index (χ2v) is 8.20. The first-order chi connectivity index (χ1) is 12.0. The van der Waals surface area contributed by atoms with E-state index in [0.717, 1.165) is 10.6 Å². The molecule has 0 spiro atoms. The zero-order chi connectivity index (χ0) is 17.8. The average Bonchev–Trinajstić information content (AvgIpc) is 3.00. The van der Waals surface area contributed by atoms with Crippen molar-refractivity contribution in [2.24, 2.45) is 0 Å². The van der Waals surface area contributed by atoms with Crippen molar-refractivity contribution in [2.45, 2.75) is 17.8 Å². The predicted octanol–water partition coefficient (Wildman–Crippen LogP) is 4.60. The summed E-state index contributed by atoms with van der Waals surface area (Å²) < 4.78 is 0.508. The molecule has 3 rings (SSSR count). The number of carbonyl (C=O) groups is 1. The molecule has 0 radical (unpaired) electrons. The summed E-state index contributed by atoms with van der Waals surface area (Å²) in [5, 5.41) is 12.8. The highest BCUT2D eigenvalue weighted by Crippen LogP contribution is 2.26. The summed E-state index contributed by atoms with van der Waals surface area (Å²) in [5.74, 6) is 0.239. The number of carbonyl (C=O) groups excluding carboxylic acids is 1. The molecule has 2 aromatic heterocycles. The van der Waals surface area contributed by atoms with Gasteiger partial charge in [-0.1, -0.05) is 52.9 Å². The van der Waals surface area contributed by atoms with Crippen LogP contribution in [-0.2, 0) is 5.75 Å². The van der Waals surface area contributed by atoms with E-state index in [0.29, 0.717) is 25.5 Å². The first kappa shape index (κ1) is 18.2. The largest absolute Gasteiger partial charge is 0.295 e. The molecule has 1 aromatic carbocycles. The number of hydrogen-bond donors (Lipinski definition) is 1. The van der Waals surface area contributed by atoms with E-state index < -0.39 is 0 Å². The topological polar surface area (TPSA) is 80.7 Å². The summed E-state index contributed by atoms with van der Waals surface area (Å²) in [7, 11) is 0. The van der Waals surface area contributed by atoms with Gasteiger partial charge in [0.15, 0.2) is 5.16 Å². The van der Waals surface area contributed by atoms with Crippen molar-refractivity contribution in [1.29, 1.82) is 0 Å². The highest BCUT2D eigenvalue weighted by molar-refractivity contribution is 9.10. The van der Waals surface area contributed by atoms with Gasteiger partial charge in [-0.15, -0.1) is 10.2 Å². The Morgan fingerprint density at radius 1 is 1.36 bits per heavy atom. The molecule has 1 amide bonds. The lowest BCUT2D eigenvalue weighted by atomic mass is 10.2. The summed E-state index contributed by atoms with van der Waals surface area (Å²) in [6, 6.07) is 7.58. The van der Waals surface area contributed by atoms with Crippen LogP contribution in [0.3, 0.4) is 0 Å². The number of rotatable bonds is 5. The maximum absolute atomic E-state index is 12.4. The molecule has 2 heterocycles. The van der Waals surface area contributed by atoms with Crippen molar-refractivity contribution in [3.63, 3.8) is 0 Å². The quantitative estimate of drug-likeness (QED) is 0.446. The van der Waals surface area contributed by atoms with Crippen molar-refractivity contribution in [2.75, 3.05) is 5.32 Å². The predicted molar refractivity (Wildman–Crippen MR) is 103 cm³/mol. The van der Waals surface area contributed by atoms with Crippen LogP contribution >= 0.6 is 50.6 Å². The lowest BCUT2D eigenvalue weighted by Gasteiger charge is -2.06. The number of halogens is 2. The van der Waals surface area contributed by atoms with Gasteiger partial charge in [0.2, 0.25) is 5.13 Å². The smallest absolute Gasteiger partial charge is 0.277 e. The summed E-state index contributed by atoms with van der Waals surface area (Å²) in [4.78, 5) is 21.0. The van der Waals surface area contributed by atoms with Crippen LogP contribution in [-0.4, -0.2) is 26.1 Å². The molecule has 3 aromatic rings. The third-order valence-corrected chi connectivity index (χ3v) is 5.61.